The lowest BCUT2D eigenvalue weighted by Crippen LogP contribution is -2.48. The highest BCUT2D eigenvalue weighted by Gasteiger charge is 2.36. The summed E-state index contributed by atoms with van der Waals surface area (Å²) >= 11 is 0. The van der Waals surface area contributed by atoms with E-state index in [-0.39, 0.29) is 23.9 Å². The number of carbonyl (C=O) groups is 2. The lowest BCUT2D eigenvalue weighted by atomic mass is 9.82. The quantitative estimate of drug-likeness (QED) is 0.676. The van der Waals surface area contributed by atoms with Crippen LogP contribution in [0.2, 0.25) is 0 Å². The van der Waals surface area contributed by atoms with Crippen molar-refractivity contribution in [1.29, 1.82) is 0 Å². The Bertz CT molecular complexity index is 375. The average molecular weight is 268 g/mol. The highest BCUT2D eigenvalue weighted by Crippen LogP contribution is 2.31. The zero-order valence-corrected chi connectivity index (χ0v) is 11.8. The van der Waals surface area contributed by atoms with Gasteiger partial charge in [0.15, 0.2) is 0 Å². The van der Waals surface area contributed by atoms with Crippen LogP contribution in [0.5, 0.6) is 0 Å². The van der Waals surface area contributed by atoms with Gasteiger partial charge in [-0.1, -0.05) is 32.8 Å². The van der Waals surface area contributed by atoms with Crippen LogP contribution in [-0.2, 0) is 9.59 Å². The molecule has 108 valence electrons. The van der Waals surface area contributed by atoms with Gasteiger partial charge >= 0.3 is 5.97 Å². The minimum Gasteiger partial charge on any atom is -0.478 e. The Labute approximate surface area is 114 Å². The van der Waals surface area contributed by atoms with E-state index in [4.69, 9.17) is 10.8 Å². The summed E-state index contributed by atoms with van der Waals surface area (Å²) in [5.41, 5.74) is 6.42. The van der Waals surface area contributed by atoms with E-state index in [0.717, 1.165) is 12.8 Å². The first kappa shape index (κ1) is 15.7. The van der Waals surface area contributed by atoms with Gasteiger partial charge in [0, 0.05) is 30.5 Å². The summed E-state index contributed by atoms with van der Waals surface area (Å²) in [6, 6.07) is -0.317. The molecule has 4 N–H and O–H groups in total. The summed E-state index contributed by atoms with van der Waals surface area (Å²) in [5.74, 6) is -0.797. The van der Waals surface area contributed by atoms with E-state index in [2.05, 4.69) is 19.2 Å². The van der Waals surface area contributed by atoms with E-state index in [9.17, 15) is 9.59 Å². The molecule has 0 aliphatic heterocycles. The largest absolute Gasteiger partial charge is 0.478 e. The Hall–Kier alpha value is -1.36. The van der Waals surface area contributed by atoms with Crippen molar-refractivity contribution in [1.82, 2.24) is 5.32 Å². The predicted molar refractivity (Wildman–Crippen MR) is 73.5 cm³/mol. The zero-order chi connectivity index (χ0) is 14.6. The topological polar surface area (TPSA) is 92.4 Å². The number of aliphatic carboxylic acids is 1. The summed E-state index contributed by atoms with van der Waals surface area (Å²) in [5, 5.41) is 12.0. The number of carbonyl (C=O) groups excluding carboxylic acids is 1. The van der Waals surface area contributed by atoms with Crippen molar-refractivity contribution in [2.45, 2.75) is 52.1 Å². The highest BCUT2D eigenvalue weighted by atomic mass is 16.4. The van der Waals surface area contributed by atoms with Crippen LogP contribution >= 0.6 is 0 Å². The number of hydrogen-bond donors (Lipinski definition) is 3. The van der Waals surface area contributed by atoms with Crippen LogP contribution in [0.4, 0.5) is 0 Å². The smallest absolute Gasteiger partial charge is 0.331 e. The molecule has 0 aromatic heterocycles. The molecule has 0 aromatic carbocycles. The molecule has 0 saturated carbocycles. The third-order valence-electron chi connectivity index (χ3n) is 3.96. The summed E-state index contributed by atoms with van der Waals surface area (Å²) < 4.78 is 0. The van der Waals surface area contributed by atoms with Crippen molar-refractivity contribution in [2.24, 2.45) is 17.6 Å². The van der Waals surface area contributed by atoms with Gasteiger partial charge in [-0.2, -0.15) is 0 Å². The minimum absolute atomic E-state index is 0.0839. The molecule has 0 heterocycles. The molecule has 0 spiro atoms. The maximum atomic E-state index is 11.4. The normalized spacial score (nSPS) is 24.2. The van der Waals surface area contributed by atoms with Gasteiger partial charge in [0.1, 0.15) is 0 Å². The van der Waals surface area contributed by atoms with E-state index in [1.165, 1.54) is 6.92 Å². The molecule has 5 heteroatoms. The number of amides is 1. The Morgan fingerprint density at radius 3 is 2.42 bits per heavy atom. The Balaban J connectivity index is 2.96. The third kappa shape index (κ3) is 3.80. The van der Waals surface area contributed by atoms with Gasteiger partial charge in [-0.05, 0) is 12.3 Å². The number of rotatable bonds is 6. The number of nitrogens with one attached hydrogen (secondary N) is 1. The van der Waals surface area contributed by atoms with Gasteiger partial charge in [-0.15, -0.1) is 0 Å². The van der Waals surface area contributed by atoms with Gasteiger partial charge < -0.3 is 16.2 Å². The Morgan fingerprint density at radius 2 is 2.05 bits per heavy atom. The monoisotopic (exact) mass is 268 g/mol. The molecule has 0 aromatic rings. The van der Waals surface area contributed by atoms with E-state index >= 15 is 0 Å². The fourth-order valence-corrected chi connectivity index (χ4v) is 2.90. The minimum atomic E-state index is -0.913. The van der Waals surface area contributed by atoms with Gasteiger partial charge in [-0.3, -0.25) is 4.79 Å². The first-order chi connectivity index (χ1) is 8.90. The molecule has 1 rings (SSSR count). The molecule has 1 amide bonds. The molecule has 0 saturated heterocycles. The van der Waals surface area contributed by atoms with Gasteiger partial charge in [-0.25, -0.2) is 4.79 Å². The van der Waals surface area contributed by atoms with Crippen LogP contribution in [0.25, 0.3) is 0 Å². The third-order valence-corrected chi connectivity index (χ3v) is 3.96. The maximum Gasteiger partial charge on any atom is 0.331 e. The lowest BCUT2D eigenvalue weighted by Gasteiger charge is -2.32. The van der Waals surface area contributed by atoms with Crippen molar-refractivity contribution >= 4 is 11.9 Å². The fourth-order valence-electron chi connectivity index (χ4n) is 2.90. The van der Waals surface area contributed by atoms with Crippen molar-refractivity contribution in [3.05, 3.63) is 11.6 Å². The van der Waals surface area contributed by atoms with E-state index in [0.29, 0.717) is 17.9 Å². The second kappa shape index (κ2) is 6.70. The lowest BCUT2D eigenvalue weighted by molar-refractivity contribution is -0.132. The number of carboxylic acid groups (broad SMARTS) is 1. The molecule has 3 atom stereocenters. The first-order valence-electron chi connectivity index (χ1n) is 6.87. The summed E-state index contributed by atoms with van der Waals surface area (Å²) in [7, 11) is 0. The number of nitrogens with two attached hydrogens (primary N) is 1. The van der Waals surface area contributed by atoms with Crippen molar-refractivity contribution in [2.75, 3.05) is 0 Å². The van der Waals surface area contributed by atoms with Gasteiger partial charge in [0.2, 0.25) is 5.91 Å². The van der Waals surface area contributed by atoms with Crippen LogP contribution in [-0.4, -0.2) is 29.1 Å². The molecule has 0 fully saturated rings. The zero-order valence-electron chi connectivity index (χ0n) is 11.8. The van der Waals surface area contributed by atoms with Crippen molar-refractivity contribution < 1.29 is 14.7 Å². The Kier molecular flexibility index (Phi) is 5.54. The molecule has 3 unspecified atom stereocenters. The molecule has 0 bridgehead atoms. The molecule has 1 aliphatic carbocycles. The van der Waals surface area contributed by atoms with E-state index < -0.39 is 5.97 Å². The maximum absolute atomic E-state index is 11.4. The highest BCUT2D eigenvalue weighted by molar-refractivity contribution is 5.87. The number of hydrogen-bond acceptors (Lipinski definition) is 3. The van der Waals surface area contributed by atoms with Crippen LogP contribution in [0.1, 0.15) is 40.0 Å². The van der Waals surface area contributed by atoms with Crippen LogP contribution in [0, 0.1) is 11.8 Å². The molecular weight excluding hydrogens is 244 g/mol. The second-order valence-corrected chi connectivity index (χ2v) is 5.25. The first-order valence-corrected chi connectivity index (χ1v) is 6.87. The van der Waals surface area contributed by atoms with Crippen LogP contribution in [0.15, 0.2) is 11.6 Å². The summed E-state index contributed by atoms with van der Waals surface area (Å²) in [6.07, 6.45) is 3.96. The summed E-state index contributed by atoms with van der Waals surface area (Å²) in [4.78, 5) is 22.4. The molecule has 1 aliphatic rings. The molecular formula is C14H24N2O3. The Morgan fingerprint density at radius 1 is 1.47 bits per heavy atom. The fraction of sp³-hybridized carbons (Fsp3) is 0.714. The SMILES string of the molecule is CCC(CC)C(NC(C)=O)C1C=C(C(=O)O)CC1N. The van der Waals surface area contributed by atoms with Crippen molar-refractivity contribution in [3.63, 3.8) is 0 Å². The second-order valence-electron chi connectivity index (χ2n) is 5.25. The summed E-state index contributed by atoms with van der Waals surface area (Å²) in [6.45, 7) is 5.63. The molecule has 5 nitrogen and oxygen atoms in total. The van der Waals surface area contributed by atoms with E-state index in [1.807, 2.05) is 0 Å². The standard InChI is InChI=1S/C14H24N2O3/c1-4-9(5-2)13(16-8(3)17)11-6-10(14(18)19)7-12(11)15/h6,9,11-13H,4-5,7,15H2,1-3H3,(H,16,17)(H,18,19). The molecule has 19 heavy (non-hydrogen) atoms. The van der Waals surface area contributed by atoms with Gasteiger partial charge in [0.05, 0.1) is 0 Å². The van der Waals surface area contributed by atoms with Crippen LogP contribution in [0.3, 0.4) is 0 Å². The van der Waals surface area contributed by atoms with Crippen LogP contribution < -0.4 is 11.1 Å². The van der Waals surface area contributed by atoms with Crippen molar-refractivity contribution in [3.8, 4) is 0 Å². The predicted octanol–water partition coefficient (Wildman–Crippen LogP) is 1.29. The van der Waals surface area contributed by atoms with E-state index in [1.54, 1.807) is 6.08 Å². The average Bonchev–Trinajstić information content (AvgIpc) is 2.71. The van der Waals surface area contributed by atoms with Gasteiger partial charge in [0.25, 0.3) is 0 Å². The number of carboxylic acids is 1. The molecule has 0 radical (unpaired) electrons.